The molecule has 0 fully saturated rings. The fourth-order valence-corrected chi connectivity index (χ4v) is 4.01. The predicted molar refractivity (Wildman–Crippen MR) is 80.9 cm³/mol. The Morgan fingerprint density at radius 1 is 1.00 bits per heavy atom. The van der Waals surface area contributed by atoms with E-state index in [-0.39, 0.29) is 11.9 Å². The average molecular weight is 288 g/mol. The van der Waals surface area contributed by atoms with Crippen molar-refractivity contribution in [2.24, 2.45) is 0 Å². The van der Waals surface area contributed by atoms with Crippen LogP contribution in [0, 0.1) is 0 Å². The van der Waals surface area contributed by atoms with E-state index in [4.69, 9.17) is 4.52 Å². The summed E-state index contributed by atoms with van der Waals surface area (Å²) >= 11 is 0. The normalized spacial score (nSPS) is 13.7. The van der Waals surface area contributed by atoms with E-state index < -0.39 is 7.37 Å². The van der Waals surface area contributed by atoms with E-state index in [0.717, 1.165) is 0 Å². The van der Waals surface area contributed by atoms with Crippen LogP contribution in [0.4, 0.5) is 0 Å². The first kappa shape index (κ1) is 14.7. The minimum absolute atomic E-state index is 0.102. The number of benzene rings is 2. The Labute approximate surface area is 119 Å². The zero-order chi connectivity index (χ0) is 14.4. The molecule has 2 aromatic carbocycles. The molecule has 104 valence electrons. The highest BCUT2D eigenvalue weighted by molar-refractivity contribution is 7.67. The van der Waals surface area contributed by atoms with Crippen molar-refractivity contribution in [1.82, 2.24) is 0 Å². The maximum Gasteiger partial charge on any atom is 0.239 e. The maximum absolute atomic E-state index is 13.0. The number of hydrogen-bond donors (Lipinski definition) is 0. The average Bonchev–Trinajstić information content (AvgIpc) is 2.49. The number of carbonyl (C=O) groups excluding carboxylic acids is 1. The Balaban J connectivity index is 2.27. The molecule has 2 aromatic rings. The Morgan fingerprint density at radius 2 is 1.55 bits per heavy atom. The first-order chi connectivity index (χ1) is 9.65. The van der Waals surface area contributed by atoms with Gasteiger partial charge in [0.15, 0.2) is 5.78 Å². The first-order valence-corrected chi connectivity index (χ1v) is 8.34. The molecule has 0 aliphatic rings. The van der Waals surface area contributed by atoms with E-state index in [9.17, 15) is 9.36 Å². The van der Waals surface area contributed by atoms with Gasteiger partial charge in [-0.25, -0.2) is 0 Å². The van der Waals surface area contributed by atoms with Crippen molar-refractivity contribution in [3.8, 4) is 0 Å². The van der Waals surface area contributed by atoms with Crippen molar-refractivity contribution >= 4 is 18.5 Å². The van der Waals surface area contributed by atoms with E-state index in [2.05, 4.69) is 0 Å². The summed E-state index contributed by atoms with van der Waals surface area (Å²) in [7, 11) is -3.14. The molecule has 0 aliphatic carbocycles. The first-order valence-electron chi connectivity index (χ1n) is 6.53. The van der Waals surface area contributed by atoms with Crippen LogP contribution < -0.4 is 5.30 Å². The third-order valence-electron chi connectivity index (χ3n) is 2.93. The molecule has 0 aliphatic heterocycles. The van der Waals surface area contributed by atoms with Gasteiger partial charge in [-0.3, -0.25) is 9.36 Å². The fraction of sp³-hybridized carbons (Fsp3) is 0.188. The largest absolute Gasteiger partial charge is 0.325 e. The minimum Gasteiger partial charge on any atom is -0.325 e. The Hall–Kier alpha value is -1.70. The lowest BCUT2D eigenvalue weighted by Gasteiger charge is -2.17. The van der Waals surface area contributed by atoms with Crippen molar-refractivity contribution < 1.29 is 13.9 Å². The van der Waals surface area contributed by atoms with E-state index in [0.29, 0.717) is 17.5 Å². The second-order valence-corrected chi connectivity index (χ2v) is 6.81. The summed E-state index contributed by atoms with van der Waals surface area (Å²) < 4.78 is 18.4. The third-order valence-corrected chi connectivity index (χ3v) is 5.40. The lowest BCUT2D eigenvalue weighted by atomic mass is 10.2. The molecule has 20 heavy (non-hydrogen) atoms. The van der Waals surface area contributed by atoms with E-state index in [1.807, 2.05) is 12.1 Å². The lowest BCUT2D eigenvalue weighted by molar-refractivity contribution is 0.101. The Kier molecular flexibility index (Phi) is 4.89. The Morgan fingerprint density at radius 3 is 2.10 bits per heavy atom. The monoisotopic (exact) mass is 288 g/mol. The standard InChI is InChI=1S/C16H17O3P/c1-2-19-20(18,15-11-7-4-8-12-15)13-16(17)14-9-5-3-6-10-14/h3-12H,2,13H2,1H3. The number of Topliss-reactive ketones (excluding diaryl/α,β-unsaturated/α-hetero) is 1. The highest BCUT2D eigenvalue weighted by Crippen LogP contribution is 2.45. The van der Waals surface area contributed by atoms with Gasteiger partial charge in [0.2, 0.25) is 7.37 Å². The molecular weight excluding hydrogens is 271 g/mol. The quantitative estimate of drug-likeness (QED) is 0.603. The van der Waals surface area contributed by atoms with Crippen molar-refractivity contribution in [3.05, 3.63) is 66.2 Å². The van der Waals surface area contributed by atoms with Gasteiger partial charge in [-0.15, -0.1) is 0 Å². The van der Waals surface area contributed by atoms with Crippen LogP contribution in [0.5, 0.6) is 0 Å². The highest BCUT2D eigenvalue weighted by atomic mass is 31.2. The van der Waals surface area contributed by atoms with Crippen molar-refractivity contribution in [3.63, 3.8) is 0 Å². The molecule has 1 atom stereocenters. The van der Waals surface area contributed by atoms with Gasteiger partial charge in [-0.05, 0) is 19.1 Å². The summed E-state index contributed by atoms with van der Waals surface area (Å²) in [5.74, 6) is -0.161. The lowest BCUT2D eigenvalue weighted by Crippen LogP contribution is -2.16. The fourth-order valence-electron chi connectivity index (χ4n) is 1.98. The molecule has 0 aromatic heterocycles. The van der Waals surface area contributed by atoms with Gasteiger partial charge < -0.3 is 4.52 Å². The number of ketones is 1. The van der Waals surface area contributed by atoms with Gasteiger partial charge in [0.05, 0.1) is 12.8 Å². The number of rotatable bonds is 6. The molecule has 0 saturated heterocycles. The molecule has 0 N–H and O–H groups in total. The molecule has 0 spiro atoms. The molecule has 0 amide bonds. The van der Waals surface area contributed by atoms with Gasteiger partial charge in [-0.1, -0.05) is 48.5 Å². The molecule has 0 radical (unpaired) electrons. The predicted octanol–water partition coefficient (Wildman–Crippen LogP) is 3.51. The molecule has 3 nitrogen and oxygen atoms in total. The van der Waals surface area contributed by atoms with Crippen molar-refractivity contribution in [2.45, 2.75) is 6.92 Å². The summed E-state index contributed by atoms with van der Waals surface area (Å²) in [5.41, 5.74) is 0.559. The smallest absolute Gasteiger partial charge is 0.239 e. The molecule has 0 saturated carbocycles. The molecule has 0 bridgehead atoms. The SMILES string of the molecule is CCOP(=O)(CC(=O)c1ccccc1)c1ccccc1. The molecule has 0 heterocycles. The molecule has 4 heteroatoms. The summed E-state index contributed by atoms with van der Waals surface area (Å²) in [6.45, 7) is 2.09. The van der Waals surface area contributed by atoms with Crippen LogP contribution >= 0.6 is 7.37 Å². The Bertz CT molecular complexity index is 608. The van der Waals surface area contributed by atoms with Gasteiger partial charge in [0.1, 0.15) is 0 Å². The van der Waals surface area contributed by atoms with Crippen LogP contribution in [0.3, 0.4) is 0 Å². The summed E-state index contributed by atoms with van der Waals surface area (Å²) in [4.78, 5) is 12.3. The van der Waals surface area contributed by atoms with Crippen molar-refractivity contribution in [2.75, 3.05) is 12.8 Å². The van der Waals surface area contributed by atoms with E-state index >= 15 is 0 Å². The molecule has 2 rings (SSSR count). The second-order valence-electron chi connectivity index (χ2n) is 4.37. The van der Waals surface area contributed by atoms with Crippen LogP contribution in [0.2, 0.25) is 0 Å². The summed E-state index contributed by atoms with van der Waals surface area (Å²) in [6.07, 6.45) is -0.102. The van der Waals surface area contributed by atoms with Crippen LogP contribution in [-0.2, 0) is 9.09 Å². The summed E-state index contributed by atoms with van der Waals surface area (Å²) in [5, 5.41) is 0.589. The van der Waals surface area contributed by atoms with Gasteiger partial charge in [0.25, 0.3) is 0 Å². The zero-order valence-electron chi connectivity index (χ0n) is 11.4. The van der Waals surface area contributed by atoms with Crippen LogP contribution in [0.25, 0.3) is 0 Å². The van der Waals surface area contributed by atoms with E-state index in [1.165, 1.54) is 0 Å². The van der Waals surface area contributed by atoms with Crippen LogP contribution in [0.15, 0.2) is 60.7 Å². The maximum atomic E-state index is 13.0. The van der Waals surface area contributed by atoms with E-state index in [1.54, 1.807) is 55.5 Å². The van der Waals surface area contributed by atoms with Crippen LogP contribution in [-0.4, -0.2) is 18.6 Å². The zero-order valence-corrected chi connectivity index (χ0v) is 12.3. The number of carbonyl (C=O) groups is 1. The number of hydrogen-bond acceptors (Lipinski definition) is 3. The third kappa shape index (κ3) is 3.44. The second kappa shape index (κ2) is 6.65. The minimum atomic E-state index is -3.14. The molecule has 1 unspecified atom stereocenters. The van der Waals surface area contributed by atoms with Gasteiger partial charge in [0, 0.05) is 10.9 Å². The van der Waals surface area contributed by atoms with Gasteiger partial charge in [-0.2, -0.15) is 0 Å². The topological polar surface area (TPSA) is 43.4 Å². The molecular formula is C16H17O3P. The van der Waals surface area contributed by atoms with Gasteiger partial charge >= 0.3 is 0 Å². The van der Waals surface area contributed by atoms with Crippen LogP contribution in [0.1, 0.15) is 17.3 Å². The van der Waals surface area contributed by atoms with Crippen molar-refractivity contribution in [1.29, 1.82) is 0 Å². The highest BCUT2D eigenvalue weighted by Gasteiger charge is 2.29. The summed E-state index contributed by atoms with van der Waals surface area (Å²) in [6, 6.07) is 17.8.